The molecule has 1 aliphatic heterocycles. The van der Waals surface area contributed by atoms with Crippen LogP contribution >= 0.6 is 11.8 Å². The Hall–Kier alpha value is -1.43. The first kappa shape index (κ1) is 14.5. The first-order valence-electron chi connectivity index (χ1n) is 7.55. The molecule has 0 unspecified atom stereocenters. The quantitative estimate of drug-likeness (QED) is 0.941. The largest absolute Gasteiger partial charge is 0.369 e. The van der Waals surface area contributed by atoms with Crippen molar-refractivity contribution in [3.63, 3.8) is 0 Å². The van der Waals surface area contributed by atoms with Crippen molar-refractivity contribution in [3.8, 4) is 0 Å². The number of anilines is 2. The molecule has 21 heavy (non-hydrogen) atoms. The van der Waals surface area contributed by atoms with E-state index in [0.717, 1.165) is 49.1 Å². The van der Waals surface area contributed by atoms with Crippen molar-refractivity contribution in [2.75, 3.05) is 35.6 Å². The minimum Gasteiger partial charge on any atom is -0.369 e. The van der Waals surface area contributed by atoms with E-state index in [1.54, 1.807) is 0 Å². The van der Waals surface area contributed by atoms with Gasteiger partial charge in [-0.05, 0) is 20.3 Å². The Morgan fingerprint density at radius 1 is 1.43 bits per heavy atom. The Morgan fingerprint density at radius 2 is 2.29 bits per heavy atom. The molecule has 0 radical (unpaired) electrons. The van der Waals surface area contributed by atoms with E-state index in [2.05, 4.69) is 40.4 Å². The lowest BCUT2D eigenvalue weighted by Crippen LogP contribution is -2.43. The van der Waals surface area contributed by atoms with Gasteiger partial charge in [0.05, 0.1) is 6.20 Å². The number of hydrogen-bond donors (Lipinski definition) is 1. The summed E-state index contributed by atoms with van der Waals surface area (Å²) in [6, 6.07) is 0. The minimum atomic E-state index is 0.260. The normalized spacial score (nSPS) is 18.1. The molecule has 0 aliphatic carbocycles. The standard InChI is InChI=1S/C15H23N5S/c1-4-5-16-12-10-19-7-6-17-13(19)14(18-12)20-8-9-21-15(2,3)11-20/h6-7,10,16H,4-5,8-9,11H2,1-3H3. The Labute approximate surface area is 130 Å². The van der Waals surface area contributed by atoms with Gasteiger partial charge >= 0.3 is 0 Å². The molecule has 114 valence electrons. The van der Waals surface area contributed by atoms with Crippen molar-refractivity contribution in [2.45, 2.75) is 31.9 Å². The zero-order chi connectivity index (χ0) is 14.9. The number of aromatic nitrogens is 3. The second kappa shape index (κ2) is 5.75. The van der Waals surface area contributed by atoms with Crippen LogP contribution in [0.4, 0.5) is 11.6 Å². The lowest BCUT2D eigenvalue weighted by molar-refractivity contribution is 0.642. The SMILES string of the molecule is CCCNc1cn2ccnc2c(N2CCSC(C)(C)C2)n1. The summed E-state index contributed by atoms with van der Waals surface area (Å²) < 4.78 is 2.32. The molecule has 0 amide bonds. The lowest BCUT2D eigenvalue weighted by Gasteiger charge is -2.38. The highest BCUT2D eigenvalue weighted by atomic mass is 32.2. The first-order chi connectivity index (χ1) is 10.1. The summed E-state index contributed by atoms with van der Waals surface area (Å²) in [4.78, 5) is 11.7. The molecule has 0 bridgehead atoms. The van der Waals surface area contributed by atoms with E-state index in [1.807, 2.05) is 30.4 Å². The van der Waals surface area contributed by atoms with Crippen molar-refractivity contribution in [2.24, 2.45) is 0 Å². The Morgan fingerprint density at radius 3 is 3.05 bits per heavy atom. The van der Waals surface area contributed by atoms with Gasteiger partial charge in [-0.3, -0.25) is 0 Å². The second-order valence-corrected chi connectivity index (χ2v) is 7.87. The molecule has 6 heteroatoms. The topological polar surface area (TPSA) is 45.5 Å². The molecule has 5 nitrogen and oxygen atoms in total. The maximum absolute atomic E-state index is 4.82. The van der Waals surface area contributed by atoms with Gasteiger partial charge in [0.15, 0.2) is 11.5 Å². The lowest BCUT2D eigenvalue weighted by atomic mass is 10.2. The van der Waals surface area contributed by atoms with Crippen molar-refractivity contribution >= 4 is 29.0 Å². The summed E-state index contributed by atoms with van der Waals surface area (Å²) >= 11 is 2.03. The molecule has 0 aromatic carbocycles. The van der Waals surface area contributed by atoms with Crippen LogP contribution in [-0.4, -0.2) is 44.5 Å². The van der Waals surface area contributed by atoms with Crippen LogP contribution in [0.2, 0.25) is 0 Å². The van der Waals surface area contributed by atoms with Crippen LogP contribution in [0.3, 0.4) is 0 Å². The molecule has 1 fully saturated rings. The first-order valence-corrected chi connectivity index (χ1v) is 8.54. The summed E-state index contributed by atoms with van der Waals surface area (Å²) in [5.74, 6) is 3.05. The van der Waals surface area contributed by atoms with Crippen molar-refractivity contribution in [1.29, 1.82) is 0 Å². The van der Waals surface area contributed by atoms with E-state index in [0.29, 0.717) is 0 Å². The van der Waals surface area contributed by atoms with Crippen LogP contribution in [-0.2, 0) is 0 Å². The minimum absolute atomic E-state index is 0.260. The van der Waals surface area contributed by atoms with E-state index in [1.165, 1.54) is 0 Å². The van der Waals surface area contributed by atoms with E-state index >= 15 is 0 Å². The Bertz CT molecular complexity index is 622. The fraction of sp³-hybridized carbons (Fsp3) is 0.600. The van der Waals surface area contributed by atoms with Gasteiger partial charge in [-0.2, -0.15) is 11.8 Å². The molecule has 0 atom stereocenters. The highest BCUT2D eigenvalue weighted by Gasteiger charge is 2.29. The maximum Gasteiger partial charge on any atom is 0.180 e. The molecule has 2 aromatic rings. The van der Waals surface area contributed by atoms with Crippen LogP contribution in [0.25, 0.3) is 5.65 Å². The Kier molecular flexibility index (Phi) is 3.97. The fourth-order valence-corrected chi connectivity index (χ4v) is 3.77. The van der Waals surface area contributed by atoms with Gasteiger partial charge in [0.1, 0.15) is 5.82 Å². The van der Waals surface area contributed by atoms with E-state index in [4.69, 9.17) is 4.98 Å². The highest BCUT2D eigenvalue weighted by Crippen LogP contribution is 2.33. The number of rotatable bonds is 4. The maximum atomic E-state index is 4.82. The summed E-state index contributed by atoms with van der Waals surface area (Å²) in [6.07, 6.45) is 6.94. The van der Waals surface area contributed by atoms with E-state index in [9.17, 15) is 0 Å². The fourth-order valence-electron chi connectivity index (χ4n) is 2.66. The Balaban J connectivity index is 1.97. The van der Waals surface area contributed by atoms with E-state index < -0.39 is 0 Å². The number of hydrogen-bond acceptors (Lipinski definition) is 5. The predicted molar refractivity (Wildman–Crippen MR) is 90.5 cm³/mol. The number of fused-ring (bicyclic) bond motifs is 1. The molecule has 1 aliphatic rings. The number of imidazole rings is 1. The number of thioether (sulfide) groups is 1. The number of nitrogens with zero attached hydrogens (tertiary/aromatic N) is 4. The summed E-state index contributed by atoms with van der Waals surface area (Å²) in [5.41, 5.74) is 0.944. The molecule has 0 saturated carbocycles. The third kappa shape index (κ3) is 3.10. The smallest absolute Gasteiger partial charge is 0.180 e. The molecule has 3 rings (SSSR count). The van der Waals surface area contributed by atoms with Gasteiger partial charge in [-0.25, -0.2) is 9.97 Å². The van der Waals surface area contributed by atoms with Gasteiger partial charge in [-0.15, -0.1) is 0 Å². The predicted octanol–water partition coefficient (Wildman–Crippen LogP) is 2.88. The second-order valence-electron chi connectivity index (χ2n) is 6.06. The number of nitrogens with one attached hydrogen (secondary N) is 1. The van der Waals surface area contributed by atoms with Crippen LogP contribution in [0.15, 0.2) is 18.6 Å². The van der Waals surface area contributed by atoms with Crippen molar-refractivity contribution < 1.29 is 0 Å². The summed E-state index contributed by atoms with van der Waals surface area (Å²) in [7, 11) is 0. The van der Waals surface area contributed by atoms with Crippen LogP contribution in [0.1, 0.15) is 27.2 Å². The van der Waals surface area contributed by atoms with Crippen molar-refractivity contribution in [1.82, 2.24) is 14.4 Å². The average Bonchev–Trinajstić information content (AvgIpc) is 2.91. The van der Waals surface area contributed by atoms with Crippen LogP contribution in [0.5, 0.6) is 0 Å². The molecule has 2 aromatic heterocycles. The molecule has 1 N–H and O–H groups in total. The van der Waals surface area contributed by atoms with Gasteiger partial charge in [-0.1, -0.05) is 6.92 Å². The zero-order valence-corrected chi connectivity index (χ0v) is 13.8. The molecule has 3 heterocycles. The third-order valence-electron chi connectivity index (χ3n) is 3.64. The van der Waals surface area contributed by atoms with E-state index in [-0.39, 0.29) is 4.75 Å². The molecular weight excluding hydrogens is 282 g/mol. The summed E-state index contributed by atoms with van der Waals surface area (Å²) in [6.45, 7) is 9.73. The summed E-state index contributed by atoms with van der Waals surface area (Å²) in [5, 5.41) is 3.38. The third-order valence-corrected chi connectivity index (χ3v) is 4.93. The molecule has 1 saturated heterocycles. The zero-order valence-electron chi connectivity index (χ0n) is 13.0. The van der Waals surface area contributed by atoms with Gasteiger partial charge < -0.3 is 14.6 Å². The van der Waals surface area contributed by atoms with Crippen LogP contribution in [0, 0.1) is 0 Å². The molecular formula is C15H23N5S. The van der Waals surface area contributed by atoms with Crippen LogP contribution < -0.4 is 10.2 Å². The average molecular weight is 305 g/mol. The monoisotopic (exact) mass is 305 g/mol. The van der Waals surface area contributed by atoms with Crippen molar-refractivity contribution in [3.05, 3.63) is 18.6 Å². The van der Waals surface area contributed by atoms with Gasteiger partial charge in [0.2, 0.25) is 0 Å². The highest BCUT2D eigenvalue weighted by molar-refractivity contribution is 8.00. The van der Waals surface area contributed by atoms with Gasteiger partial charge in [0, 0.05) is 42.5 Å². The molecule has 0 spiro atoms. The van der Waals surface area contributed by atoms with Gasteiger partial charge in [0.25, 0.3) is 0 Å².